The maximum Gasteiger partial charge on any atom is 0.332 e. The number of hydrogen-bond acceptors (Lipinski definition) is 4. The molecule has 24 heavy (non-hydrogen) atoms. The fourth-order valence-corrected chi connectivity index (χ4v) is 3.10. The molecule has 8 heteroatoms. The number of benzene rings is 1. The molecular weight excluding hydrogens is 332 g/mol. The van der Waals surface area contributed by atoms with Gasteiger partial charge < -0.3 is 5.32 Å². The van der Waals surface area contributed by atoms with Gasteiger partial charge in [0.05, 0.1) is 11.6 Å². The minimum absolute atomic E-state index is 0.125. The summed E-state index contributed by atoms with van der Waals surface area (Å²) in [7, 11) is 2.83. The molecule has 1 N–H and O–H groups in total. The Hall–Kier alpha value is -2.85. The number of hydrogen-bond donors (Lipinski definition) is 1. The molecule has 1 amide bonds. The molecule has 1 aliphatic rings. The number of fused-ring (bicyclic) bond motifs is 1. The molecule has 7 nitrogen and oxygen atoms in total. The Morgan fingerprint density at radius 3 is 2.33 bits per heavy atom. The van der Waals surface area contributed by atoms with Crippen LogP contribution in [0.3, 0.4) is 0 Å². The van der Waals surface area contributed by atoms with E-state index in [0.717, 1.165) is 4.57 Å². The van der Waals surface area contributed by atoms with Crippen LogP contribution in [-0.2, 0) is 18.9 Å². The zero-order valence-electron chi connectivity index (χ0n) is 12.9. The number of carbonyl (C=O) groups is 1. The SMILES string of the molecule is Cn1c2c(c(=O)n(C)c1=O)[C@@H](c1ccc(Cl)cc1)[C@@H](C#N)C(=O)N2. The van der Waals surface area contributed by atoms with Gasteiger partial charge in [0.1, 0.15) is 11.7 Å². The molecule has 0 unspecified atom stereocenters. The van der Waals surface area contributed by atoms with Crippen LogP contribution in [0.5, 0.6) is 0 Å². The summed E-state index contributed by atoms with van der Waals surface area (Å²) in [6.45, 7) is 0. The van der Waals surface area contributed by atoms with Gasteiger partial charge in [-0.25, -0.2) is 4.79 Å². The van der Waals surface area contributed by atoms with Crippen molar-refractivity contribution in [2.24, 2.45) is 20.0 Å². The van der Waals surface area contributed by atoms with Crippen LogP contribution >= 0.6 is 11.6 Å². The van der Waals surface area contributed by atoms with Gasteiger partial charge in [-0.1, -0.05) is 23.7 Å². The molecule has 2 heterocycles. The lowest BCUT2D eigenvalue weighted by Gasteiger charge is -2.30. The fourth-order valence-electron chi connectivity index (χ4n) is 2.98. The van der Waals surface area contributed by atoms with Crippen molar-refractivity contribution >= 4 is 23.3 Å². The summed E-state index contributed by atoms with van der Waals surface area (Å²) >= 11 is 5.90. The smallest absolute Gasteiger partial charge is 0.310 e. The first kappa shape index (κ1) is 16.0. The first-order valence-corrected chi connectivity index (χ1v) is 7.50. The van der Waals surface area contributed by atoms with Gasteiger partial charge in [0.2, 0.25) is 5.91 Å². The molecule has 3 rings (SSSR count). The highest BCUT2D eigenvalue weighted by molar-refractivity contribution is 6.30. The Morgan fingerprint density at radius 1 is 1.12 bits per heavy atom. The van der Waals surface area contributed by atoms with E-state index in [1.165, 1.54) is 18.7 Å². The van der Waals surface area contributed by atoms with Crippen LogP contribution in [-0.4, -0.2) is 15.0 Å². The molecule has 0 fully saturated rings. The average molecular weight is 345 g/mol. The minimum Gasteiger partial charge on any atom is -0.310 e. The number of nitrogens with zero attached hydrogens (tertiary/aromatic N) is 3. The highest BCUT2D eigenvalue weighted by Crippen LogP contribution is 2.38. The lowest BCUT2D eigenvalue weighted by atomic mass is 9.79. The van der Waals surface area contributed by atoms with Gasteiger partial charge in [-0.2, -0.15) is 5.26 Å². The molecule has 0 radical (unpaired) electrons. The summed E-state index contributed by atoms with van der Waals surface area (Å²) in [5, 5.41) is 12.5. The third-order valence-corrected chi connectivity index (χ3v) is 4.49. The molecule has 1 aromatic heterocycles. The second kappa shape index (κ2) is 5.65. The number of anilines is 1. The molecule has 1 aliphatic heterocycles. The lowest BCUT2D eigenvalue weighted by molar-refractivity contribution is -0.119. The number of carbonyl (C=O) groups excluding carboxylic acids is 1. The van der Waals surface area contributed by atoms with E-state index < -0.39 is 29.0 Å². The first-order valence-electron chi connectivity index (χ1n) is 7.12. The third-order valence-electron chi connectivity index (χ3n) is 4.24. The molecular formula is C16H13ClN4O3. The van der Waals surface area contributed by atoms with Crippen molar-refractivity contribution in [3.63, 3.8) is 0 Å². The van der Waals surface area contributed by atoms with Crippen molar-refractivity contribution in [3.05, 3.63) is 61.3 Å². The normalized spacial score (nSPS) is 19.3. The highest BCUT2D eigenvalue weighted by atomic mass is 35.5. The molecule has 122 valence electrons. The van der Waals surface area contributed by atoms with E-state index in [1.807, 2.05) is 6.07 Å². The van der Waals surface area contributed by atoms with Crippen LogP contribution in [0.4, 0.5) is 5.82 Å². The van der Waals surface area contributed by atoms with Gasteiger partial charge in [-0.3, -0.25) is 18.7 Å². The molecule has 0 bridgehead atoms. The summed E-state index contributed by atoms with van der Waals surface area (Å²) in [6.07, 6.45) is 0. The van der Waals surface area contributed by atoms with Crippen LogP contribution in [0.25, 0.3) is 0 Å². The first-order chi connectivity index (χ1) is 11.4. The molecule has 0 saturated carbocycles. The van der Waals surface area contributed by atoms with E-state index in [4.69, 9.17) is 11.6 Å². The van der Waals surface area contributed by atoms with E-state index in [1.54, 1.807) is 24.3 Å². The minimum atomic E-state index is -1.08. The Balaban J connectivity index is 2.38. The number of nitriles is 1. The summed E-state index contributed by atoms with van der Waals surface area (Å²) in [4.78, 5) is 37.1. The highest BCUT2D eigenvalue weighted by Gasteiger charge is 2.40. The molecule has 2 aromatic rings. The predicted molar refractivity (Wildman–Crippen MR) is 88.0 cm³/mol. The maximum absolute atomic E-state index is 12.7. The van der Waals surface area contributed by atoms with E-state index in [-0.39, 0.29) is 11.4 Å². The number of halogens is 1. The Bertz CT molecular complexity index is 998. The zero-order valence-corrected chi connectivity index (χ0v) is 13.7. The predicted octanol–water partition coefficient (Wildman–Crippen LogP) is 0.961. The lowest BCUT2D eigenvalue weighted by Crippen LogP contribution is -2.46. The van der Waals surface area contributed by atoms with Gasteiger partial charge in [0.15, 0.2) is 0 Å². The summed E-state index contributed by atoms with van der Waals surface area (Å²) in [6, 6.07) is 8.56. The second-order valence-corrected chi connectivity index (χ2v) is 6.03. The van der Waals surface area contributed by atoms with Crippen LogP contribution in [0.1, 0.15) is 17.0 Å². The van der Waals surface area contributed by atoms with Gasteiger partial charge in [-0.15, -0.1) is 0 Å². The van der Waals surface area contributed by atoms with Crippen molar-refractivity contribution in [3.8, 4) is 6.07 Å². The van der Waals surface area contributed by atoms with Crippen molar-refractivity contribution in [2.45, 2.75) is 5.92 Å². The van der Waals surface area contributed by atoms with Crippen LogP contribution in [0.15, 0.2) is 33.9 Å². The summed E-state index contributed by atoms with van der Waals surface area (Å²) < 4.78 is 2.17. The Kier molecular flexibility index (Phi) is 3.78. The van der Waals surface area contributed by atoms with Gasteiger partial charge in [0, 0.05) is 25.0 Å². The van der Waals surface area contributed by atoms with Crippen LogP contribution in [0.2, 0.25) is 5.02 Å². The number of amides is 1. The van der Waals surface area contributed by atoms with Crippen molar-refractivity contribution in [1.82, 2.24) is 9.13 Å². The van der Waals surface area contributed by atoms with E-state index in [9.17, 15) is 19.6 Å². The van der Waals surface area contributed by atoms with Crippen molar-refractivity contribution in [2.75, 3.05) is 5.32 Å². The fraction of sp³-hybridized carbons (Fsp3) is 0.250. The monoisotopic (exact) mass is 344 g/mol. The van der Waals surface area contributed by atoms with E-state index >= 15 is 0 Å². The molecule has 2 atom stereocenters. The molecule has 0 spiro atoms. The maximum atomic E-state index is 12.7. The Labute approximate surface area is 141 Å². The Morgan fingerprint density at radius 2 is 1.75 bits per heavy atom. The summed E-state index contributed by atoms with van der Waals surface area (Å²) in [5.74, 6) is -2.28. The molecule has 1 aromatic carbocycles. The second-order valence-electron chi connectivity index (χ2n) is 5.59. The van der Waals surface area contributed by atoms with Crippen LogP contribution in [0, 0.1) is 17.2 Å². The number of rotatable bonds is 1. The molecule has 0 saturated heterocycles. The number of nitrogens with one attached hydrogen (secondary N) is 1. The largest absolute Gasteiger partial charge is 0.332 e. The van der Waals surface area contributed by atoms with Crippen LogP contribution < -0.4 is 16.6 Å². The standard InChI is InChI=1S/C16H13ClN4O3/c1-20-13-12(15(23)21(2)16(20)24)11(10(7-18)14(22)19-13)8-3-5-9(17)6-4-8/h3-6,10-11H,1-2H3,(H,19,22)/t10-,11+/m1/s1. The van der Waals surface area contributed by atoms with Crippen molar-refractivity contribution < 1.29 is 4.79 Å². The van der Waals surface area contributed by atoms with Gasteiger partial charge in [-0.05, 0) is 17.7 Å². The van der Waals surface area contributed by atoms with E-state index in [2.05, 4.69) is 5.32 Å². The molecule has 0 aliphatic carbocycles. The average Bonchev–Trinajstić information content (AvgIpc) is 2.57. The van der Waals surface area contributed by atoms with E-state index in [0.29, 0.717) is 10.6 Å². The topological polar surface area (TPSA) is 96.9 Å². The van der Waals surface area contributed by atoms with Gasteiger partial charge >= 0.3 is 5.69 Å². The number of aromatic nitrogens is 2. The summed E-state index contributed by atoms with van der Waals surface area (Å²) in [5.41, 5.74) is -0.261. The zero-order chi connectivity index (χ0) is 17.6. The van der Waals surface area contributed by atoms with Gasteiger partial charge in [0.25, 0.3) is 5.56 Å². The third kappa shape index (κ3) is 2.23. The quantitative estimate of drug-likeness (QED) is 0.833. The van der Waals surface area contributed by atoms with Crippen molar-refractivity contribution in [1.29, 1.82) is 5.26 Å².